The molecule has 0 aliphatic carbocycles. The Morgan fingerprint density at radius 1 is 1.32 bits per heavy atom. The summed E-state index contributed by atoms with van der Waals surface area (Å²) in [5.74, 6) is -0.159. The van der Waals surface area contributed by atoms with E-state index in [1.807, 2.05) is 30.3 Å². The molecule has 1 heterocycles. The Hall–Kier alpha value is -1.65. The zero-order valence-corrected chi connectivity index (χ0v) is 10.8. The molecule has 2 N–H and O–H groups in total. The van der Waals surface area contributed by atoms with Gasteiger partial charge in [-0.05, 0) is 18.1 Å². The Kier molecular flexibility index (Phi) is 4.71. The number of hydrogen-bond acceptors (Lipinski definition) is 3. The fourth-order valence-corrected chi connectivity index (χ4v) is 2.27. The number of carbonyl (C=O) groups excluding carboxylic acids is 1. The lowest BCUT2D eigenvalue weighted by molar-refractivity contribution is -0.127. The second kappa shape index (κ2) is 6.50. The molecular formula is C15H19NO3. The first-order chi connectivity index (χ1) is 9.20. The van der Waals surface area contributed by atoms with E-state index in [1.54, 1.807) is 17.1 Å². The second-order valence-corrected chi connectivity index (χ2v) is 4.85. The average molecular weight is 261 g/mol. The van der Waals surface area contributed by atoms with Crippen LogP contribution in [0.5, 0.6) is 0 Å². The number of rotatable bonds is 4. The quantitative estimate of drug-likeness (QED) is 0.848. The van der Waals surface area contributed by atoms with E-state index in [9.17, 15) is 9.90 Å². The molecule has 102 valence electrons. The molecule has 1 amide bonds. The normalized spacial score (nSPS) is 21.3. The first-order valence-corrected chi connectivity index (χ1v) is 6.49. The van der Waals surface area contributed by atoms with E-state index in [2.05, 4.69) is 0 Å². The Morgan fingerprint density at radius 2 is 2.05 bits per heavy atom. The smallest absolute Gasteiger partial charge is 0.246 e. The number of carbonyl (C=O) groups is 1. The summed E-state index contributed by atoms with van der Waals surface area (Å²) in [7, 11) is 0. The van der Waals surface area contributed by atoms with Gasteiger partial charge in [0.15, 0.2) is 0 Å². The molecule has 1 aromatic carbocycles. The minimum Gasteiger partial charge on any atom is -0.394 e. The van der Waals surface area contributed by atoms with Gasteiger partial charge in [-0.1, -0.05) is 36.4 Å². The SMILES string of the molecule is O=C1C=CC[C@@H]([C@H](O)CO)CN1Cc1ccccc1. The molecule has 2 atom stereocenters. The van der Waals surface area contributed by atoms with E-state index in [4.69, 9.17) is 5.11 Å². The molecule has 1 aliphatic heterocycles. The molecule has 0 spiro atoms. The zero-order valence-electron chi connectivity index (χ0n) is 10.8. The van der Waals surface area contributed by atoms with Gasteiger partial charge in [-0.15, -0.1) is 0 Å². The van der Waals surface area contributed by atoms with Crippen molar-refractivity contribution in [2.24, 2.45) is 5.92 Å². The molecule has 19 heavy (non-hydrogen) atoms. The maximum absolute atomic E-state index is 12.0. The Morgan fingerprint density at radius 3 is 2.74 bits per heavy atom. The van der Waals surface area contributed by atoms with E-state index in [0.29, 0.717) is 19.5 Å². The van der Waals surface area contributed by atoms with Crippen LogP contribution in [0.25, 0.3) is 0 Å². The fraction of sp³-hybridized carbons (Fsp3) is 0.400. The van der Waals surface area contributed by atoms with E-state index in [0.717, 1.165) is 5.56 Å². The number of aliphatic hydroxyl groups is 2. The summed E-state index contributed by atoms with van der Waals surface area (Å²) in [5, 5.41) is 18.8. The lowest BCUT2D eigenvalue weighted by atomic mass is 9.99. The Balaban J connectivity index is 2.08. The lowest BCUT2D eigenvalue weighted by Crippen LogP contribution is -2.37. The van der Waals surface area contributed by atoms with Crippen LogP contribution < -0.4 is 0 Å². The maximum Gasteiger partial charge on any atom is 0.246 e. The van der Waals surface area contributed by atoms with Gasteiger partial charge in [0.05, 0.1) is 12.7 Å². The molecular weight excluding hydrogens is 242 g/mol. The van der Waals surface area contributed by atoms with Crippen molar-refractivity contribution < 1.29 is 15.0 Å². The predicted molar refractivity (Wildman–Crippen MR) is 72.2 cm³/mol. The maximum atomic E-state index is 12.0. The first-order valence-electron chi connectivity index (χ1n) is 6.49. The molecule has 0 saturated carbocycles. The predicted octanol–water partition coefficient (Wildman–Crippen LogP) is 0.944. The summed E-state index contributed by atoms with van der Waals surface area (Å²) in [6, 6.07) is 9.76. The van der Waals surface area contributed by atoms with E-state index >= 15 is 0 Å². The van der Waals surface area contributed by atoms with Crippen molar-refractivity contribution >= 4 is 5.91 Å². The van der Waals surface area contributed by atoms with Crippen molar-refractivity contribution in [2.45, 2.75) is 19.1 Å². The molecule has 2 rings (SSSR count). The van der Waals surface area contributed by atoms with Crippen LogP contribution in [-0.4, -0.2) is 40.3 Å². The molecule has 4 heteroatoms. The third-order valence-corrected chi connectivity index (χ3v) is 3.41. The number of nitrogens with zero attached hydrogens (tertiary/aromatic N) is 1. The van der Waals surface area contributed by atoms with Gasteiger partial charge in [-0.3, -0.25) is 4.79 Å². The molecule has 0 saturated heterocycles. The topological polar surface area (TPSA) is 60.8 Å². The second-order valence-electron chi connectivity index (χ2n) is 4.85. The zero-order chi connectivity index (χ0) is 13.7. The van der Waals surface area contributed by atoms with Gasteiger partial charge in [-0.25, -0.2) is 0 Å². The van der Waals surface area contributed by atoms with Crippen LogP contribution in [0.4, 0.5) is 0 Å². The summed E-state index contributed by atoms with van der Waals surface area (Å²) < 4.78 is 0. The van der Waals surface area contributed by atoms with Crippen molar-refractivity contribution in [1.29, 1.82) is 0 Å². The fourth-order valence-electron chi connectivity index (χ4n) is 2.27. The van der Waals surface area contributed by atoms with Crippen LogP contribution in [0.15, 0.2) is 42.5 Å². The number of aliphatic hydroxyl groups excluding tert-OH is 2. The van der Waals surface area contributed by atoms with Gasteiger partial charge in [-0.2, -0.15) is 0 Å². The minimum atomic E-state index is -0.783. The third-order valence-electron chi connectivity index (χ3n) is 3.41. The highest BCUT2D eigenvalue weighted by atomic mass is 16.3. The number of allylic oxidation sites excluding steroid dienone is 1. The van der Waals surface area contributed by atoms with Gasteiger partial charge in [0.2, 0.25) is 5.91 Å². The van der Waals surface area contributed by atoms with Gasteiger partial charge >= 0.3 is 0 Å². The van der Waals surface area contributed by atoms with Crippen LogP contribution in [0.2, 0.25) is 0 Å². The summed E-state index contributed by atoms with van der Waals surface area (Å²) in [6.07, 6.45) is 3.15. The molecule has 1 aliphatic rings. The van der Waals surface area contributed by atoms with Crippen LogP contribution in [-0.2, 0) is 11.3 Å². The Bertz CT molecular complexity index is 444. The highest BCUT2D eigenvalue weighted by Crippen LogP contribution is 2.18. The average Bonchev–Trinajstić information content (AvgIpc) is 2.62. The molecule has 0 aromatic heterocycles. The summed E-state index contributed by atoms with van der Waals surface area (Å²) in [6.45, 7) is 0.715. The van der Waals surface area contributed by atoms with Crippen molar-refractivity contribution in [3.8, 4) is 0 Å². The molecule has 0 unspecified atom stereocenters. The van der Waals surface area contributed by atoms with Crippen molar-refractivity contribution in [3.63, 3.8) is 0 Å². The van der Waals surface area contributed by atoms with Gasteiger partial charge in [0.1, 0.15) is 0 Å². The number of benzene rings is 1. The molecule has 0 radical (unpaired) electrons. The molecule has 0 bridgehead atoms. The lowest BCUT2D eigenvalue weighted by Gasteiger charge is -2.27. The van der Waals surface area contributed by atoms with Crippen LogP contribution in [0.3, 0.4) is 0 Å². The van der Waals surface area contributed by atoms with Crippen molar-refractivity contribution in [1.82, 2.24) is 4.90 Å². The molecule has 0 fully saturated rings. The summed E-state index contributed by atoms with van der Waals surface area (Å²) in [5.41, 5.74) is 1.06. The van der Waals surface area contributed by atoms with Crippen LogP contribution in [0, 0.1) is 5.92 Å². The van der Waals surface area contributed by atoms with Gasteiger partial charge < -0.3 is 15.1 Å². The standard InChI is InChI=1S/C15H19NO3/c17-11-14(18)13-7-4-8-15(19)16(10-13)9-12-5-2-1-3-6-12/h1-6,8,13-14,17-18H,7,9-11H2/t13-,14-/m1/s1. The van der Waals surface area contributed by atoms with E-state index in [1.165, 1.54) is 0 Å². The van der Waals surface area contributed by atoms with Crippen molar-refractivity contribution in [2.75, 3.05) is 13.2 Å². The minimum absolute atomic E-state index is 0.0449. The highest BCUT2D eigenvalue weighted by Gasteiger charge is 2.25. The van der Waals surface area contributed by atoms with Crippen LogP contribution in [0.1, 0.15) is 12.0 Å². The Labute approximate surface area is 113 Å². The number of amides is 1. The molecule has 4 nitrogen and oxygen atoms in total. The molecule has 1 aromatic rings. The number of hydrogen-bond donors (Lipinski definition) is 2. The van der Waals surface area contributed by atoms with E-state index in [-0.39, 0.29) is 18.4 Å². The summed E-state index contributed by atoms with van der Waals surface area (Å²) in [4.78, 5) is 13.7. The van der Waals surface area contributed by atoms with E-state index < -0.39 is 6.10 Å². The van der Waals surface area contributed by atoms with Gasteiger partial charge in [0.25, 0.3) is 0 Å². The third kappa shape index (κ3) is 3.66. The first kappa shape index (κ1) is 13.8. The van der Waals surface area contributed by atoms with Crippen LogP contribution >= 0.6 is 0 Å². The highest BCUT2D eigenvalue weighted by molar-refractivity contribution is 5.87. The monoisotopic (exact) mass is 261 g/mol. The summed E-state index contributed by atoms with van der Waals surface area (Å²) >= 11 is 0. The van der Waals surface area contributed by atoms with Crippen molar-refractivity contribution in [3.05, 3.63) is 48.0 Å². The van der Waals surface area contributed by atoms with Gasteiger partial charge in [0, 0.05) is 19.0 Å². The largest absolute Gasteiger partial charge is 0.394 e.